The van der Waals surface area contributed by atoms with E-state index in [1.54, 1.807) is 5.56 Å². The summed E-state index contributed by atoms with van der Waals surface area (Å²) in [6.45, 7) is 9.70. The molecule has 3 aromatic rings. The standard InChI is InChI=1S/C27H30/c1-20(26(2,3)21-13-7-5-8-14-21)24-19-27(4,22-15-9-6-10-16-22)25-18-12-11-17-23(24)25/h5-18,20,24H,19H2,1-4H3. The van der Waals surface area contributed by atoms with E-state index in [4.69, 9.17) is 0 Å². The van der Waals surface area contributed by atoms with Crippen molar-refractivity contribution in [3.63, 3.8) is 0 Å². The van der Waals surface area contributed by atoms with Crippen molar-refractivity contribution in [2.45, 2.75) is 50.9 Å². The minimum Gasteiger partial charge on any atom is -0.0622 e. The molecule has 3 atom stereocenters. The molecule has 27 heavy (non-hydrogen) atoms. The van der Waals surface area contributed by atoms with Crippen LogP contribution in [-0.2, 0) is 10.8 Å². The van der Waals surface area contributed by atoms with Gasteiger partial charge in [-0.3, -0.25) is 0 Å². The second-order valence-electron chi connectivity index (χ2n) is 8.97. The van der Waals surface area contributed by atoms with Crippen LogP contribution in [0.15, 0.2) is 84.9 Å². The van der Waals surface area contributed by atoms with E-state index in [9.17, 15) is 0 Å². The van der Waals surface area contributed by atoms with Gasteiger partial charge in [-0.15, -0.1) is 0 Å². The Labute approximate surface area is 164 Å². The Morgan fingerprint density at radius 2 is 1.37 bits per heavy atom. The van der Waals surface area contributed by atoms with Gasteiger partial charge in [0.05, 0.1) is 0 Å². The van der Waals surface area contributed by atoms with E-state index < -0.39 is 0 Å². The van der Waals surface area contributed by atoms with Crippen molar-refractivity contribution in [3.05, 3.63) is 107 Å². The van der Waals surface area contributed by atoms with Crippen LogP contribution < -0.4 is 0 Å². The van der Waals surface area contributed by atoms with Gasteiger partial charge in [-0.1, -0.05) is 113 Å². The summed E-state index contributed by atoms with van der Waals surface area (Å²) in [5, 5.41) is 0. The quantitative estimate of drug-likeness (QED) is 0.469. The number of benzene rings is 3. The molecular weight excluding hydrogens is 324 g/mol. The molecule has 0 fully saturated rings. The number of hydrogen-bond donors (Lipinski definition) is 0. The fourth-order valence-electron chi connectivity index (χ4n) is 5.14. The molecule has 0 bridgehead atoms. The Hall–Kier alpha value is -2.34. The van der Waals surface area contributed by atoms with Crippen molar-refractivity contribution >= 4 is 0 Å². The lowest BCUT2D eigenvalue weighted by Crippen LogP contribution is -2.31. The third-order valence-corrected chi connectivity index (χ3v) is 7.25. The second-order valence-corrected chi connectivity index (χ2v) is 8.97. The lowest BCUT2D eigenvalue weighted by atomic mass is 9.66. The lowest BCUT2D eigenvalue weighted by Gasteiger charge is -2.38. The summed E-state index contributed by atoms with van der Waals surface area (Å²) in [6.07, 6.45) is 1.17. The summed E-state index contributed by atoms with van der Waals surface area (Å²) in [7, 11) is 0. The van der Waals surface area contributed by atoms with Crippen LogP contribution in [-0.4, -0.2) is 0 Å². The van der Waals surface area contributed by atoms with Gasteiger partial charge >= 0.3 is 0 Å². The molecule has 0 saturated carbocycles. The van der Waals surface area contributed by atoms with E-state index in [-0.39, 0.29) is 10.8 Å². The van der Waals surface area contributed by atoms with Gasteiger partial charge in [-0.25, -0.2) is 0 Å². The van der Waals surface area contributed by atoms with Gasteiger partial charge in [0.1, 0.15) is 0 Å². The van der Waals surface area contributed by atoms with Crippen LogP contribution in [0.25, 0.3) is 0 Å². The molecule has 0 N–H and O–H groups in total. The van der Waals surface area contributed by atoms with Crippen LogP contribution in [0.1, 0.15) is 62.3 Å². The van der Waals surface area contributed by atoms with Gasteiger partial charge in [-0.2, -0.15) is 0 Å². The number of rotatable bonds is 4. The molecule has 3 unspecified atom stereocenters. The molecule has 0 heteroatoms. The molecule has 1 aliphatic rings. The highest BCUT2D eigenvalue weighted by Gasteiger charge is 2.46. The van der Waals surface area contributed by atoms with Crippen LogP contribution in [0.2, 0.25) is 0 Å². The summed E-state index contributed by atoms with van der Waals surface area (Å²) < 4.78 is 0. The van der Waals surface area contributed by atoms with Gasteiger partial charge in [-0.05, 0) is 45.9 Å². The van der Waals surface area contributed by atoms with Gasteiger partial charge in [0.15, 0.2) is 0 Å². The SMILES string of the molecule is CC(C1CC(C)(c2ccccc2)c2ccccc21)C(C)(C)c1ccccc1. The third-order valence-electron chi connectivity index (χ3n) is 7.25. The van der Waals surface area contributed by atoms with Crippen molar-refractivity contribution in [2.75, 3.05) is 0 Å². The Morgan fingerprint density at radius 1 is 0.815 bits per heavy atom. The summed E-state index contributed by atoms with van der Waals surface area (Å²) in [4.78, 5) is 0. The van der Waals surface area contributed by atoms with Crippen LogP contribution >= 0.6 is 0 Å². The van der Waals surface area contributed by atoms with Crippen molar-refractivity contribution < 1.29 is 0 Å². The largest absolute Gasteiger partial charge is 0.0622 e. The molecule has 0 spiro atoms. The van der Waals surface area contributed by atoms with E-state index in [0.29, 0.717) is 11.8 Å². The summed E-state index contributed by atoms with van der Waals surface area (Å²) in [5.74, 6) is 1.10. The van der Waals surface area contributed by atoms with Gasteiger partial charge in [0, 0.05) is 5.41 Å². The van der Waals surface area contributed by atoms with Crippen LogP contribution in [0.4, 0.5) is 0 Å². The zero-order valence-electron chi connectivity index (χ0n) is 16.9. The molecule has 0 amide bonds. The highest BCUT2D eigenvalue weighted by molar-refractivity contribution is 5.50. The Morgan fingerprint density at radius 3 is 2.04 bits per heavy atom. The molecule has 0 saturated heterocycles. The molecule has 0 nitrogen and oxygen atoms in total. The molecule has 1 aliphatic carbocycles. The first-order valence-electron chi connectivity index (χ1n) is 10.1. The zero-order chi connectivity index (χ0) is 19.1. The molecule has 3 aromatic carbocycles. The average Bonchev–Trinajstić information content (AvgIpc) is 3.03. The topological polar surface area (TPSA) is 0 Å². The Balaban J connectivity index is 1.77. The maximum absolute atomic E-state index is 2.45. The van der Waals surface area contributed by atoms with Gasteiger partial charge < -0.3 is 0 Å². The van der Waals surface area contributed by atoms with Crippen LogP contribution in [0, 0.1) is 5.92 Å². The number of hydrogen-bond acceptors (Lipinski definition) is 0. The minimum atomic E-state index is 0.0869. The van der Waals surface area contributed by atoms with Crippen LogP contribution in [0.3, 0.4) is 0 Å². The fourth-order valence-corrected chi connectivity index (χ4v) is 5.14. The van der Waals surface area contributed by atoms with E-state index in [0.717, 1.165) is 0 Å². The van der Waals surface area contributed by atoms with E-state index in [1.807, 2.05) is 0 Å². The molecule has 0 aliphatic heterocycles. The highest BCUT2D eigenvalue weighted by Crippen LogP contribution is 2.55. The van der Waals surface area contributed by atoms with Crippen molar-refractivity contribution in [1.82, 2.24) is 0 Å². The fraction of sp³-hybridized carbons (Fsp3) is 0.333. The minimum absolute atomic E-state index is 0.0869. The molecule has 0 heterocycles. The van der Waals surface area contributed by atoms with Crippen LogP contribution in [0.5, 0.6) is 0 Å². The Kier molecular flexibility index (Phi) is 4.46. The molecule has 138 valence electrons. The second kappa shape index (κ2) is 6.68. The lowest BCUT2D eigenvalue weighted by molar-refractivity contribution is 0.274. The first-order chi connectivity index (χ1) is 12.9. The Bertz CT molecular complexity index is 907. The first kappa shape index (κ1) is 18.0. The molecular formula is C27H30. The van der Waals surface area contributed by atoms with Gasteiger partial charge in [0.2, 0.25) is 0 Å². The molecule has 0 radical (unpaired) electrons. The summed E-state index contributed by atoms with van der Waals surface area (Å²) in [6, 6.07) is 31.2. The molecule has 4 rings (SSSR count). The molecule has 0 aromatic heterocycles. The highest BCUT2D eigenvalue weighted by atomic mass is 14.5. The monoisotopic (exact) mass is 354 g/mol. The summed E-state index contributed by atoms with van der Waals surface area (Å²) in [5.41, 5.74) is 6.13. The first-order valence-corrected chi connectivity index (χ1v) is 10.1. The normalized spacial score (nSPS) is 23.0. The van der Waals surface area contributed by atoms with Crippen molar-refractivity contribution in [1.29, 1.82) is 0 Å². The van der Waals surface area contributed by atoms with Crippen molar-refractivity contribution in [3.8, 4) is 0 Å². The summed E-state index contributed by atoms with van der Waals surface area (Å²) >= 11 is 0. The van der Waals surface area contributed by atoms with E-state index in [1.165, 1.54) is 23.1 Å². The maximum atomic E-state index is 2.45. The average molecular weight is 355 g/mol. The predicted octanol–water partition coefficient (Wildman–Crippen LogP) is 7.09. The number of fused-ring (bicyclic) bond motifs is 1. The smallest absolute Gasteiger partial charge is 0.0183 e. The zero-order valence-corrected chi connectivity index (χ0v) is 16.9. The van der Waals surface area contributed by atoms with Crippen molar-refractivity contribution in [2.24, 2.45) is 5.92 Å². The van der Waals surface area contributed by atoms with E-state index >= 15 is 0 Å². The van der Waals surface area contributed by atoms with E-state index in [2.05, 4.69) is 113 Å². The maximum Gasteiger partial charge on any atom is 0.0183 e. The third kappa shape index (κ3) is 2.92. The predicted molar refractivity (Wildman–Crippen MR) is 115 cm³/mol. The van der Waals surface area contributed by atoms with Gasteiger partial charge in [0.25, 0.3) is 0 Å².